The summed E-state index contributed by atoms with van der Waals surface area (Å²) in [5.74, 6) is 2.83. The van der Waals surface area contributed by atoms with Gasteiger partial charge in [-0.15, -0.1) is 0 Å². The van der Waals surface area contributed by atoms with Gasteiger partial charge < -0.3 is 24.7 Å². The van der Waals surface area contributed by atoms with Gasteiger partial charge in [-0.2, -0.15) is 4.98 Å². The molecule has 166 valence electrons. The van der Waals surface area contributed by atoms with Crippen molar-refractivity contribution in [2.45, 2.75) is 33.1 Å². The molecule has 3 heterocycles. The van der Waals surface area contributed by atoms with Gasteiger partial charge in [0.25, 0.3) is 0 Å². The molecule has 2 aromatic heterocycles. The van der Waals surface area contributed by atoms with Gasteiger partial charge in [-0.1, -0.05) is 0 Å². The largest absolute Gasteiger partial charge is 0.493 e. The minimum atomic E-state index is 0.657. The SMILES string of the molecule is COc1cc2nc(N3CCCCC3)nc(Nc3ccc4[nH]c(C)c(C)c4c3)c2cc1OC. The molecule has 0 atom stereocenters. The number of nitrogens with zero attached hydrogens (tertiary/aromatic N) is 3. The number of nitrogens with one attached hydrogen (secondary N) is 2. The molecular formula is C25H29N5O2. The van der Waals surface area contributed by atoms with Crippen LogP contribution in [-0.4, -0.2) is 42.3 Å². The zero-order valence-electron chi connectivity index (χ0n) is 19.1. The summed E-state index contributed by atoms with van der Waals surface area (Å²) in [5, 5.41) is 5.66. The van der Waals surface area contributed by atoms with E-state index in [4.69, 9.17) is 19.4 Å². The Kier molecular flexibility index (Phi) is 5.25. The first-order valence-electron chi connectivity index (χ1n) is 11.1. The molecule has 5 rings (SSSR count). The van der Waals surface area contributed by atoms with Crippen molar-refractivity contribution in [1.29, 1.82) is 0 Å². The number of rotatable bonds is 5. The summed E-state index contributed by atoms with van der Waals surface area (Å²) >= 11 is 0. The van der Waals surface area contributed by atoms with E-state index in [1.807, 2.05) is 12.1 Å². The topological polar surface area (TPSA) is 75.3 Å². The molecule has 1 aliphatic heterocycles. The molecule has 0 aliphatic carbocycles. The summed E-state index contributed by atoms with van der Waals surface area (Å²) in [4.78, 5) is 15.6. The number of anilines is 3. The third kappa shape index (κ3) is 3.57. The Hall–Kier alpha value is -3.48. The Morgan fingerprint density at radius 2 is 1.66 bits per heavy atom. The molecule has 0 bridgehead atoms. The minimum absolute atomic E-state index is 0.657. The lowest BCUT2D eigenvalue weighted by Crippen LogP contribution is -2.31. The Balaban J connectivity index is 1.64. The first-order chi connectivity index (χ1) is 15.6. The van der Waals surface area contributed by atoms with Crippen molar-refractivity contribution in [1.82, 2.24) is 15.0 Å². The third-order valence-corrected chi connectivity index (χ3v) is 6.40. The molecular weight excluding hydrogens is 402 g/mol. The maximum Gasteiger partial charge on any atom is 0.227 e. The van der Waals surface area contributed by atoms with Crippen LogP contribution in [0.5, 0.6) is 11.5 Å². The number of benzene rings is 2. The van der Waals surface area contributed by atoms with Crippen LogP contribution in [0.1, 0.15) is 30.5 Å². The molecule has 1 saturated heterocycles. The molecule has 0 spiro atoms. The molecule has 2 N–H and O–H groups in total. The Morgan fingerprint density at radius 3 is 2.41 bits per heavy atom. The van der Waals surface area contributed by atoms with E-state index >= 15 is 0 Å². The molecule has 0 radical (unpaired) electrons. The van der Waals surface area contributed by atoms with Crippen molar-refractivity contribution in [2.24, 2.45) is 0 Å². The van der Waals surface area contributed by atoms with E-state index in [9.17, 15) is 0 Å². The second-order valence-corrected chi connectivity index (χ2v) is 8.40. The van der Waals surface area contributed by atoms with Crippen molar-refractivity contribution < 1.29 is 9.47 Å². The zero-order chi connectivity index (χ0) is 22.2. The molecule has 1 fully saturated rings. The van der Waals surface area contributed by atoms with Crippen molar-refractivity contribution in [3.63, 3.8) is 0 Å². The number of H-pyrrole nitrogens is 1. The quantitative estimate of drug-likeness (QED) is 0.436. The molecule has 2 aromatic carbocycles. The Bertz CT molecular complexity index is 1290. The molecule has 0 saturated carbocycles. The van der Waals surface area contributed by atoms with E-state index in [1.54, 1.807) is 14.2 Å². The van der Waals surface area contributed by atoms with Crippen molar-refractivity contribution in [3.8, 4) is 11.5 Å². The predicted molar refractivity (Wildman–Crippen MR) is 130 cm³/mol. The number of fused-ring (bicyclic) bond motifs is 2. The monoisotopic (exact) mass is 431 g/mol. The van der Waals surface area contributed by atoms with Crippen LogP contribution >= 0.6 is 0 Å². The number of methoxy groups -OCH3 is 2. The summed E-state index contributed by atoms with van der Waals surface area (Å²) in [6, 6.07) is 10.2. The van der Waals surface area contributed by atoms with Crippen molar-refractivity contribution in [2.75, 3.05) is 37.5 Å². The van der Waals surface area contributed by atoms with Crippen LogP contribution in [0.3, 0.4) is 0 Å². The van der Waals surface area contributed by atoms with E-state index in [0.717, 1.165) is 47.0 Å². The summed E-state index contributed by atoms with van der Waals surface area (Å²) < 4.78 is 11.1. The van der Waals surface area contributed by atoms with Crippen LogP contribution < -0.4 is 19.7 Å². The van der Waals surface area contributed by atoms with E-state index in [0.29, 0.717) is 11.5 Å². The number of hydrogen-bond donors (Lipinski definition) is 2. The fourth-order valence-electron chi connectivity index (χ4n) is 4.45. The third-order valence-electron chi connectivity index (χ3n) is 6.40. The number of aromatic amines is 1. The van der Waals surface area contributed by atoms with Gasteiger partial charge >= 0.3 is 0 Å². The minimum Gasteiger partial charge on any atom is -0.493 e. The number of piperidine rings is 1. The first-order valence-corrected chi connectivity index (χ1v) is 11.1. The maximum atomic E-state index is 5.55. The Morgan fingerprint density at radius 1 is 0.906 bits per heavy atom. The lowest BCUT2D eigenvalue weighted by Gasteiger charge is -2.27. The molecule has 32 heavy (non-hydrogen) atoms. The first kappa shape index (κ1) is 20.4. The molecule has 1 aliphatic rings. The van der Waals surface area contributed by atoms with Crippen LogP contribution in [0.25, 0.3) is 21.8 Å². The van der Waals surface area contributed by atoms with Crippen LogP contribution in [0.15, 0.2) is 30.3 Å². The van der Waals surface area contributed by atoms with Gasteiger partial charge in [0.1, 0.15) is 5.82 Å². The van der Waals surface area contributed by atoms with Crippen LogP contribution in [0.2, 0.25) is 0 Å². The number of hydrogen-bond acceptors (Lipinski definition) is 6. The van der Waals surface area contributed by atoms with Crippen molar-refractivity contribution in [3.05, 3.63) is 41.6 Å². The summed E-state index contributed by atoms with van der Waals surface area (Å²) in [6.45, 7) is 6.20. The van der Waals surface area contributed by atoms with Gasteiger partial charge in [0.05, 0.1) is 19.7 Å². The molecule has 0 amide bonds. The summed E-state index contributed by atoms with van der Waals surface area (Å²) in [5.41, 5.74) is 5.40. The van der Waals surface area contributed by atoms with Crippen LogP contribution in [0.4, 0.5) is 17.5 Å². The smallest absolute Gasteiger partial charge is 0.227 e. The van der Waals surface area contributed by atoms with Gasteiger partial charge in [0.2, 0.25) is 5.95 Å². The number of aryl methyl sites for hydroxylation is 2. The van der Waals surface area contributed by atoms with E-state index in [2.05, 4.69) is 47.2 Å². The van der Waals surface area contributed by atoms with Gasteiger partial charge in [0.15, 0.2) is 11.5 Å². The highest BCUT2D eigenvalue weighted by atomic mass is 16.5. The van der Waals surface area contributed by atoms with E-state index in [-0.39, 0.29) is 0 Å². The van der Waals surface area contributed by atoms with Crippen LogP contribution in [0, 0.1) is 13.8 Å². The molecule has 0 unspecified atom stereocenters. The van der Waals surface area contributed by atoms with Gasteiger partial charge in [-0.05, 0) is 62.9 Å². The Labute approximate surface area is 187 Å². The molecule has 7 nitrogen and oxygen atoms in total. The normalized spacial score (nSPS) is 14.2. The fraction of sp³-hybridized carbons (Fsp3) is 0.360. The van der Waals surface area contributed by atoms with Gasteiger partial charge in [-0.3, -0.25) is 0 Å². The average molecular weight is 432 g/mol. The number of aromatic nitrogens is 3. The second kappa shape index (κ2) is 8.22. The predicted octanol–water partition coefficient (Wildman–Crippen LogP) is 5.48. The lowest BCUT2D eigenvalue weighted by molar-refractivity contribution is 0.356. The van der Waals surface area contributed by atoms with Gasteiger partial charge in [0, 0.05) is 46.8 Å². The zero-order valence-corrected chi connectivity index (χ0v) is 19.1. The highest BCUT2D eigenvalue weighted by Gasteiger charge is 2.19. The van der Waals surface area contributed by atoms with Crippen molar-refractivity contribution >= 4 is 39.3 Å². The molecule has 7 heteroatoms. The second-order valence-electron chi connectivity index (χ2n) is 8.40. The number of ether oxygens (including phenoxy) is 2. The highest BCUT2D eigenvalue weighted by molar-refractivity contribution is 5.95. The van der Waals surface area contributed by atoms with Gasteiger partial charge in [-0.25, -0.2) is 4.98 Å². The van der Waals surface area contributed by atoms with E-state index in [1.165, 1.54) is 35.9 Å². The lowest BCUT2D eigenvalue weighted by atomic mass is 10.1. The van der Waals surface area contributed by atoms with Crippen LogP contribution in [-0.2, 0) is 0 Å². The average Bonchev–Trinajstić information content (AvgIpc) is 3.11. The standard InChI is InChI=1S/C25H29N5O2/c1-15-16(2)26-20-9-8-17(12-18(15)20)27-24-19-13-22(31-3)23(32-4)14-21(19)28-25(29-24)30-10-6-5-7-11-30/h8-9,12-14,26H,5-7,10-11H2,1-4H3,(H,27,28,29). The van der Waals surface area contributed by atoms with E-state index < -0.39 is 0 Å². The fourth-order valence-corrected chi connectivity index (χ4v) is 4.45. The highest BCUT2D eigenvalue weighted by Crippen LogP contribution is 2.36. The summed E-state index contributed by atoms with van der Waals surface area (Å²) in [6.07, 6.45) is 3.59. The summed E-state index contributed by atoms with van der Waals surface area (Å²) in [7, 11) is 3.29. The molecule has 4 aromatic rings. The maximum absolute atomic E-state index is 5.55.